The number of nitrogens with zero attached hydrogens (tertiary/aromatic N) is 3. The van der Waals surface area contributed by atoms with Crippen LogP contribution in [0.2, 0.25) is 0 Å². The SMILES string of the molecule is CC(C)n1nc(-c2ccc(NS(=O)(=O)c3ccccc3F)c(F)c2)c2c1C(C)([C@H]1CC[C@H](N)CC1)CN=C2N. The second-order valence-electron chi connectivity index (χ2n) is 11.1. The lowest BCUT2D eigenvalue weighted by Gasteiger charge is -2.43. The molecule has 2 heterocycles. The molecular weight excluding hydrogens is 522 g/mol. The summed E-state index contributed by atoms with van der Waals surface area (Å²) in [5.74, 6) is -1.05. The maximum atomic E-state index is 15.3. The van der Waals surface area contributed by atoms with Crippen LogP contribution in [0, 0.1) is 17.6 Å². The van der Waals surface area contributed by atoms with Crippen molar-refractivity contribution in [3.05, 3.63) is 65.4 Å². The van der Waals surface area contributed by atoms with Crippen molar-refractivity contribution >= 4 is 21.5 Å². The molecule has 0 spiro atoms. The quantitative estimate of drug-likeness (QED) is 0.405. The molecule has 39 heavy (non-hydrogen) atoms. The summed E-state index contributed by atoms with van der Waals surface area (Å²) in [5.41, 5.74) is 14.6. The summed E-state index contributed by atoms with van der Waals surface area (Å²) in [7, 11) is -4.34. The van der Waals surface area contributed by atoms with Gasteiger partial charge in [-0.2, -0.15) is 5.10 Å². The average Bonchev–Trinajstić information content (AvgIpc) is 3.31. The number of aromatic nitrogens is 2. The predicted octanol–water partition coefficient (Wildman–Crippen LogP) is 4.70. The van der Waals surface area contributed by atoms with Gasteiger partial charge in [-0.05, 0) is 69.7 Å². The molecule has 208 valence electrons. The predicted molar refractivity (Wildman–Crippen MR) is 148 cm³/mol. The molecule has 0 saturated heterocycles. The van der Waals surface area contributed by atoms with E-state index in [-0.39, 0.29) is 23.2 Å². The second-order valence-corrected chi connectivity index (χ2v) is 12.7. The maximum Gasteiger partial charge on any atom is 0.264 e. The average molecular weight is 557 g/mol. The number of benzene rings is 2. The number of nitrogens with two attached hydrogens (primary N) is 2. The molecule has 11 heteroatoms. The van der Waals surface area contributed by atoms with Crippen LogP contribution in [0.4, 0.5) is 14.5 Å². The third kappa shape index (κ3) is 4.82. The molecule has 5 rings (SSSR count). The molecule has 0 bridgehead atoms. The van der Waals surface area contributed by atoms with Crippen LogP contribution in [0.5, 0.6) is 0 Å². The Morgan fingerprint density at radius 2 is 1.77 bits per heavy atom. The maximum absolute atomic E-state index is 15.3. The molecule has 5 N–H and O–H groups in total. The number of fused-ring (bicyclic) bond motifs is 1. The van der Waals surface area contributed by atoms with Crippen molar-refractivity contribution in [2.45, 2.75) is 68.8 Å². The van der Waals surface area contributed by atoms with E-state index in [9.17, 15) is 12.8 Å². The smallest absolute Gasteiger partial charge is 0.264 e. The Balaban J connectivity index is 1.56. The normalized spacial score (nSPS) is 23.4. The summed E-state index contributed by atoms with van der Waals surface area (Å²) in [4.78, 5) is 4.13. The fraction of sp³-hybridized carbons (Fsp3) is 0.429. The molecule has 2 aliphatic rings. The Kier molecular flexibility index (Phi) is 7.00. The van der Waals surface area contributed by atoms with E-state index in [0.29, 0.717) is 35.1 Å². The third-order valence-corrected chi connectivity index (χ3v) is 9.46. The van der Waals surface area contributed by atoms with Crippen molar-refractivity contribution in [2.75, 3.05) is 11.3 Å². The Labute approximate surface area is 227 Å². The van der Waals surface area contributed by atoms with E-state index in [1.54, 1.807) is 6.07 Å². The Bertz CT molecular complexity index is 1540. The van der Waals surface area contributed by atoms with E-state index in [4.69, 9.17) is 21.6 Å². The Hall–Kier alpha value is -3.31. The first-order chi connectivity index (χ1) is 18.4. The van der Waals surface area contributed by atoms with E-state index in [1.165, 1.54) is 24.3 Å². The van der Waals surface area contributed by atoms with Crippen molar-refractivity contribution in [2.24, 2.45) is 22.4 Å². The van der Waals surface area contributed by atoms with Gasteiger partial charge in [0, 0.05) is 23.1 Å². The van der Waals surface area contributed by atoms with Crippen LogP contribution in [0.25, 0.3) is 11.3 Å². The third-order valence-electron chi connectivity index (χ3n) is 8.06. The van der Waals surface area contributed by atoms with Gasteiger partial charge in [0.05, 0.1) is 23.5 Å². The van der Waals surface area contributed by atoms with Crippen LogP contribution < -0.4 is 16.2 Å². The molecule has 1 aliphatic carbocycles. The van der Waals surface area contributed by atoms with Gasteiger partial charge in [-0.3, -0.25) is 14.4 Å². The highest BCUT2D eigenvalue weighted by molar-refractivity contribution is 7.92. The molecule has 1 fully saturated rings. The number of sulfonamides is 1. The molecular formula is C28H34F2N6O2S. The summed E-state index contributed by atoms with van der Waals surface area (Å²) in [5, 5.41) is 4.90. The lowest BCUT2D eigenvalue weighted by Crippen LogP contribution is -2.45. The summed E-state index contributed by atoms with van der Waals surface area (Å²) >= 11 is 0. The molecule has 2 aromatic carbocycles. The molecule has 1 saturated carbocycles. The van der Waals surface area contributed by atoms with Crippen LogP contribution >= 0.6 is 0 Å². The first-order valence-corrected chi connectivity index (χ1v) is 14.7. The van der Waals surface area contributed by atoms with Gasteiger partial charge >= 0.3 is 0 Å². The van der Waals surface area contributed by atoms with Gasteiger partial charge in [-0.15, -0.1) is 0 Å². The van der Waals surface area contributed by atoms with E-state index in [0.717, 1.165) is 43.5 Å². The van der Waals surface area contributed by atoms with Gasteiger partial charge in [0.2, 0.25) is 0 Å². The van der Waals surface area contributed by atoms with Crippen molar-refractivity contribution in [3.8, 4) is 11.3 Å². The highest BCUT2D eigenvalue weighted by Gasteiger charge is 2.45. The Morgan fingerprint density at radius 3 is 2.41 bits per heavy atom. The molecule has 3 aromatic rings. The van der Waals surface area contributed by atoms with Crippen molar-refractivity contribution < 1.29 is 17.2 Å². The highest BCUT2D eigenvalue weighted by Crippen LogP contribution is 2.46. The van der Waals surface area contributed by atoms with E-state index in [1.807, 2.05) is 18.5 Å². The summed E-state index contributed by atoms with van der Waals surface area (Å²) in [6, 6.07) is 9.25. The summed E-state index contributed by atoms with van der Waals surface area (Å²) in [6.45, 7) is 6.82. The zero-order valence-electron chi connectivity index (χ0n) is 22.3. The standard InChI is InChI=1S/C28H34F2N6O2S/c1-16(2)36-26-24(27(32)33-15-28(26,3)18-9-11-19(31)12-10-18)25(34-36)17-8-13-22(21(30)14-17)35-39(37,38)23-7-5-4-6-20(23)29/h4-8,13-14,16,18-19,35H,9-12,15,31H2,1-3H3,(H2,32,33)/t18-,19-,28?. The lowest BCUT2D eigenvalue weighted by molar-refractivity contribution is 0.197. The lowest BCUT2D eigenvalue weighted by atomic mass is 9.65. The Morgan fingerprint density at radius 1 is 1.08 bits per heavy atom. The second kappa shape index (κ2) is 10.0. The number of halogens is 2. The topological polar surface area (TPSA) is 128 Å². The zero-order valence-corrected chi connectivity index (χ0v) is 23.1. The van der Waals surface area contributed by atoms with Gasteiger partial charge < -0.3 is 11.5 Å². The first kappa shape index (κ1) is 27.3. The summed E-state index contributed by atoms with van der Waals surface area (Å²) in [6.07, 6.45) is 3.87. The molecule has 8 nitrogen and oxygen atoms in total. The number of aliphatic imine (C=N–C) groups is 1. The van der Waals surface area contributed by atoms with Crippen LogP contribution in [0.3, 0.4) is 0 Å². The number of hydrogen-bond donors (Lipinski definition) is 3. The minimum atomic E-state index is -4.34. The summed E-state index contributed by atoms with van der Waals surface area (Å²) < 4.78 is 59.0. The fourth-order valence-corrected chi connectivity index (χ4v) is 7.04. The number of rotatable bonds is 6. The molecule has 1 atom stereocenters. The van der Waals surface area contributed by atoms with E-state index < -0.39 is 26.6 Å². The van der Waals surface area contributed by atoms with Crippen LogP contribution in [-0.2, 0) is 15.4 Å². The fourth-order valence-electron chi connectivity index (χ4n) is 5.89. The van der Waals surface area contributed by atoms with Gasteiger partial charge in [-0.25, -0.2) is 17.2 Å². The monoisotopic (exact) mass is 556 g/mol. The molecule has 0 amide bonds. The van der Waals surface area contributed by atoms with Gasteiger partial charge in [-0.1, -0.05) is 25.1 Å². The largest absolute Gasteiger partial charge is 0.383 e. The minimum Gasteiger partial charge on any atom is -0.383 e. The van der Waals surface area contributed by atoms with Crippen molar-refractivity contribution in [1.82, 2.24) is 9.78 Å². The van der Waals surface area contributed by atoms with E-state index >= 15 is 4.39 Å². The van der Waals surface area contributed by atoms with Crippen molar-refractivity contribution in [1.29, 1.82) is 0 Å². The number of amidine groups is 1. The molecule has 1 aromatic heterocycles. The van der Waals surface area contributed by atoms with Crippen LogP contribution in [0.15, 0.2) is 52.4 Å². The number of anilines is 1. The zero-order chi connectivity index (χ0) is 28.1. The molecule has 0 radical (unpaired) electrons. The van der Waals surface area contributed by atoms with Crippen LogP contribution in [0.1, 0.15) is 63.8 Å². The van der Waals surface area contributed by atoms with E-state index in [2.05, 4.69) is 11.6 Å². The van der Waals surface area contributed by atoms with Gasteiger partial charge in [0.15, 0.2) is 0 Å². The van der Waals surface area contributed by atoms with Gasteiger partial charge in [0.25, 0.3) is 10.0 Å². The first-order valence-electron chi connectivity index (χ1n) is 13.2. The highest BCUT2D eigenvalue weighted by atomic mass is 32.2. The van der Waals surface area contributed by atoms with Gasteiger partial charge in [0.1, 0.15) is 28.1 Å². The van der Waals surface area contributed by atoms with Crippen LogP contribution in [-0.4, -0.2) is 36.6 Å². The van der Waals surface area contributed by atoms with Crippen molar-refractivity contribution in [3.63, 3.8) is 0 Å². The number of hydrogen-bond acceptors (Lipinski definition) is 6. The number of nitrogens with one attached hydrogen (secondary N) is 1. The molecule has 1 aliphatic heterocycles. The molecule has 1 unspecified atom stereocenters. The minimum absolute atomic E-state index is 0.0141.